The van der Waals surface area contributed by atoms with Gasteiger partial charge in [0, 0.05) is 15.5 Å². The van der Waals surface area contributed by atoms with E-state index in [0.29, 0.717) is 5.89 Å². The molecule has 0 aliphatic rings. The van der Waals surface area contributed by atoms with Gasteiger partial charge in [-0.3, -0.25) is 0 Å². The molecule has 0 aliphatic carbocycles. The van der Waals surface area contributed by atoms with Gasteiger partial charge in [0.25, 0.3) is 0 Å². The standard InChI is InChI=1S/C12H12Br2N2O/c1-2-15-6-9-7-17-12(16-9)10-4-3-8(13)5-11(10)14/h3-5,7,15H,2,6H2,1H3. The van der Waals surface area contributed by atoms with Crippen molar-refractivity contribution < 1.29 is 4.42 Å². The maximum absolute atomic E-state index is 5.47. The first-order valence-corrected chi connectivity index (χ1v) is 6.90. The fourth-order valence-corrected chi connectivity index (χ4v) is 2.64. The molecule has 0 amide bonds. The molecular formula is C12H12Br2N2O. The molecule has 17 heavy (non-hydrogen) atoms. The summed E-state index contributed by atoms with van der Waals surface area (Å²) in [6.07, 6.45) is 1.69. The number of benzene rings is 1. The molecule has 90 valence electrons. The average Bonchev–Trinajstić information content (AvgIpc) is 2.75. The maximum atomic E-state index is 5.47. The second kappa shape index (κ2) is 5.80. The molecule has 3 nitrogen and oxygen atoms in total. The predicted molar refractivity (Wildman–Crippen MR) is 74.7 cm³/mol. The maximum Gasteiger partial charge on any atom is 0.227 e. The average molecular weight is 360 g/mol. The van der Waals surface area contributed by atoms with Crippen LogP contribution in [0, 0.1) is 0 Å². The van der Waals surface area contributed by atoms with E-state index in [1.807, 2.05) is 18.2 Å². The van der Waals surface area contributed by atoms with Crippen molar-refractivity contribution in [1.29, 1.82) is 0 Å². The van der Waals surface area contributed by atoms with Crippen LogP contribution in [0.4, 0.5) is 0 Å². The van der Waals surface area contributed by atoms with Crippen LogP contribution in [0.1, 0.15) is 12.6 Å². The monoisotopic (exact) mass is 358 g/mol. The van der Waals surface area contributed by atoms with E-state index < -0.39 is 0 Å². The van der Waals surface area contributed by atoms with Crippen LogP contribution in [-0.2, 0) is 6.54 Å². The Morgan fingerprint density at radius 2 is 2.18 bits per heavy atom. The van der Waals surface area contributed by atoms with Crippen LogP contribution in [0.2, 0.25) is 0 Å². The van der Waals surface area contributed by atoms with Crippen molar-refractivity contribution in [3.05, 3.63) is 39.1 Å². The Labute approximate surface area is 117 Å². The molecule has 2 aromatic rings. The highest BCUT2D eigenvalue weighted by Gasteiger charge is 2.10. The van der Waals surface area contributed by atoms with Gasteiger partial charge in [-0.25, -0.2) is 4.98 Å². The molecule has 0 atom stereocenters. The van der Waals surface area contributed by atoms with E-state index in [0.717, 1.165) is 33.3 Å². The number of halogens is 2. The fourth-order valence-electron chi connectivity index (χ4n) is 1.43. The summed E-state index contributed by atoms with van der Waals surface area (Å²) in [7, 11) is 0. The molecule has 0 unspecified atom stereocenters. The summed E-state index contributed by atoms with van der Waals surface area (Å²) in [6, 6.07) is 5.91. The predicted octanol–water partition coefficient (Wildman–Crippen LogP) is 3.98. The van der Waals surface area contributed by atoms with Gasteiger partial charge in [0.1, 0.15) is 6.26 Å². The summed E-state index contributed by atoms with van der Waals surface area (Å²) in [5.74, 6) is 0.636. The molecule has 2 rings (SSSR count). The van der Waals surface area contributed by atoms with E-state index in [1.54, 1.807) is 6.26 Å². The number of aromatic nitrogens is 1. The summed E-state index contributed by atoms with van der Waals surface area (Å²) in [5, 5.41) is 3.21. The molecule has 1 heterocycles. The minimum absolute atomic E-state index is 0.636. The summed E-state index contributed by atoms with van der Waals surface area (Å²) in [6.45, 7) is 3.71. The van der Waals surface area contributed by atoms with Crippen molar-refractivity contribution >= 4 is 31.9 Å². The van der Waals surface area contributed by atoms with Gasteiger partial charge in [-0.15, -0.1) is 0 Å². The Morgan fingerprint density at radius 3 is 2.88 bits per heavy atom. The van der Waals surface area contributed by atoms with E-state index in [9.17, 15) is 0 Å². The van der Waals surface area contributed by atoms with Crippen molar-refractivity contribution in [1.82, 2.24) is 10.3 Å². The third kappa shape index (κ3) is 3.18. The minimum atomic E-state index is 0.636. The van der Waals surface area contributed by atoms with Crippen molar-refractivity contribution in [3.8, 4) is 11.5 Å². The number of hydrogen-bond donors (Lipinski definition) is 1. The van der Waals surface area contributed by atoms with Gasteiger partial charge >= 0.3 is 0 Å². The molecule has 1 aromatic heterocycles. The Balaban J connectivity index is 2.24. The zero-order valence-electron chi connectivity index (χ0n) is 9.34. The highest BCUT2D eigenvalue weighted by Crippen LogP contribution is 2.30. The lowest BCUT2D eigenvalue weighted by Crippen LogP contribution is -2.11. The van der Waals surface area contributed by atoms with Gasteiger partial charge in [-0.05, 0) is 40.7 Å². The first-order valence-electron chi connectivity index (χ1n) is 5.31. The van der Waals surface area contributed by atoms with Crippen LogP contribution >= 0.6 is 31.9 Å². The van der Waals surface area contributed by atoms with Gasteiger partial charge in [0.2, 0.25) is 5.89 Å². The summed E-state index contributed by atoms with van der Waals surface area (Å²) < 4.78 is 7.45. The smallest absolute Gasteiger partial charge is 0.227 e. The summed E-state index contributed by atoms with van der Waals surface area (Å²) >= 11 is 6.92. The Kier molecular flexibility index (Phi) is 4.36. The zero-order valence-corrected chi connectivity index (χ0v) is 12.5. The van der Waals surface area contributed by atoms with Crippen LogP contribution in [0.15, 0.2) is 37.8 Å². The Morgan fingerprint density at radius 1 is 1.35 bits per heavy atom. The number of rotatable bonds is 4. The topological polar surface area (TPSA) is 38.1 Å². The lowest BCUT2D eigenvalue weighted by molar-refractivity contribution is 0.570. The first kappa shape index (κ1) is 12.8. The van der Waals surface area contributed by atoms with Crippen LogP contribution in [0.25, 0.3) is 11.5 Å². The lowest BCUT2D eigenvalue weighted by Gasteiger charge is -2.00. The second-order valence-electron chi connectivity index (χ2n) is 3.55. The van der Waals surface area contributed by atoms with Crippen molar-refractivity contribution in [3.63, 3.8) is 0 Å². The second-order valence-corrected chi connectivity index (χ2v) is 5.32. The van der Waals surface area contributed by atoms with E-state index >= 15 is 0 Å². The van der Waals surface area contributed by atoms with Gasteiger partial charge in [0.15, 0.2) is 0 Å². The quantitative estimate of drug-likeness (QED) is 0.897. The van der Waals surface area contributed by atoms with E-state index in [2.05, 4.69) is 49.1 Å². The Hall–Kier alpha value is -0.650. The van der Waals surface area contributed by atoms with E-state index in [4.69, 9.17) is 4.42 Å². The first-order chi connectivity index (χ1) is 8.20. The molecule has 0 saturated carbocycles. The highest BCUT2D eigenvalue weighted by atomic mass is 79.9. The van der Waals surface area contributed by atoms with Crippen LogP contribution in [-0.4, -0.2) is 11.5 Å². The van der Waals surface area contributed by atoms with Crippen LogP contribution < -0.4 is 5.32 Å². The molecule has 5 heteroatoms. The SMILES string of the molecule is CCNCc1coc(-c2ccc(Br)cc2Br)n1. The molecule has 0 radical (unpaired) electrons. The number of nitrogens with one attached hydrogen (secondary N) is 1. The van der Waals surface area contributed by atoms with E-state index in [1.165, 1.54) is 0 Å². The highest BCUT2D eigenvalue weighted by molar-refractivity contribution is 9.11. The molecule has 0 spiro atoms. The lowest BCUT2D eigenvalue weighted by atomic mass is 10.2. The van der Waals surface area contributed by atoms with Gasteiger partial charge in [-0.1, -0.05) is 22.9 Å². The van der Waals surface area contributed by atoms with Crippen molar-refractivity contribution in [2.75, 3.05) is 6.54 Å². The summed E-state index contributed by atoms with van der Waals surface area (Å²) in [5.41, 5.74) is 1.87. The number of oxazole rings is 1. The number of hydrogen-bond acceptors (Lipinski definition) is 3. The van der Waals surface area contributed by atoms with E-state index in [-0.39, 0.29) is 0 Å². The van der Waals surface area contributed by atoms with Gasteiger partial charge in [-0.2, -0.15) is 0 Å². The minimum Gasteiger partial charge on any atom is -0.444 e. The Bertz CT molecular complexity index is 511. The van der Waals surface area contributed by atoms with Crippen molar-refractivity contribution in [2.45, 2.75) is 13.5 Å². The van der Waals surface area contributed by atoms with Gasteiger partial charge in [0.05, 0.1) is 11.3 Å². The molecule has 0 bridgehead atoms. The van der Waals surface area contributed by atoms with Crippen LogP contribution in [0.3, 0.4) is 0 Å². The van der Waals surface area contributed by atoms with Gasteiger partial charge < -0.3 is 9.73 Å². The normalized spacial score (nSPS) is 10.8. The molecular weight excluding hydrogens is 348 g/mol. The molecule has 1 N–H and O–H groups in total. The third-order valence-corrected chi connectivity index (χ3v) is 3.42. The summed E-state index contributed by atoms with van der Waals surface area (Å²) in [4.78, 5) is 4.43. The third-order valence-electron chi connectivity index (χ3n) is 2.27. The molecule has 1 aromatic carbocycles. The number of nitrogens with zero attached hydrogens (tertiary/aromatic N) is 1. The molecule has 0 fully saturated rings. The fraction of sp³-hybridized carbons (Fsp3) is 0.250. The van der Waals surface area contributed by atoms with Crippen molar-refractivity contribution in [2.24, 2.45) is 0 Å². The molecule has 0 saturated heterocycles. The van der Waals surface area contributed by atoms with Crippen LogP contribution in [0.5, 0.6) is 0 Å². The zero-order chi connectivity index (χ0) is 12.3. The molecule has 0 aliphatic heterocycles. The largest absolute Gasteiger partial charge is 0.444 e.